The maximum absolute atomic E-state index is 4.47. The Bertz CT molecular complexity index is 374. The molecular weight excluding hydrogens is 236 g/mol. The average molecular weight is 262 g/mol. The summed E-state index contributed by atoms with van der Waals surface area (Å²) in [7, 11) is 2.13. The van der Waals surface area contributed by atoms with Crippen molar-refractivity contribution in [3.8, 4) is 0 Å². The van der Waals surface area contributed by atoms with Crippen LogP contribution >= 0.6 is 0 Å². The van der Waals surface area contributed by atoms with Gasteiger partial charge in [0.25, 0.3) is 0 Å². The largest absolute Gasteiger partial charge is 0.358 e. The molecule has 2 rings (SSSR count). The van der Waals surface area contributed by atoms with Gasteiger partial charge in [-0.15, -0.1) is 0 Å². The van der Waals surface area contributed by atoms with Crippen LogP contribution in [-0.4, -0.2) is 49.7 Å². The van der Waals surface area contributed by atoms with Crippen LogP contribution in [-0.2, 0) is 6.54 Å². The van der Waals surface area contributed by atoms with Crippen LogP contribution in [0, 0.1) is 0 Å². The molecule has 0 spiro atoms. The Labute approximate surface area is 116 Å². The molecular formula is C15H26N4. The minimum atomic E-state index is 0.923. The van der Waals surface area contributed by atoms with Gasteiger partial charge in [-0.2, -0.15) is 0 Å². The van der Waals surface area contributed by atoms with Gasteiger partial charge in [0, 0.05) is 32.9 Å². The topological polar surface area (TPSA) is 31.4 Å². The SMILES string of the molecule is CCNCc1ccnc(N(C)CCN2CCCC2)c1. The van der Waals surface area contributed by atoms with Gasteiger partial charge in [0.1, 0.15) is 5.82 Å². The third-order valence-corrected chi connectivity index (χ3v) is 3.73. The lowest BCUT2D eigenvalue weighted by molar-refractivity contribution is 0.346. The van der Waals surface area contributed by atoms with Crippen LogP contribution in [0.2, 0.25) is 0 Å². The Morgan fingerprint density at radius 3 is 2.89 bits per heavy atom. The molecule has 1 aromatic heterocycles. The Morgan fingerprint density at radius 2 is 2.16 bits per heavy atom. The Balaban J connectivity index is 1.84. The molecule has 1 aliphatic rings. The predicted octanol–water partition coefficient (Wildman–Crippen LogP) is 1.72. The minimum Gasteiger partial charge on any atom is -0.358 e. The zero-order valence-corrected chi connectivity index (χ0v) is 12.2. The van der Waals surface area contributed by atoms with E-state index in [9.17, 15) is 0 Å². The first-order valence-corrected chi connectivity index (χ1v) is 7.38. The van der Waals surface area contributed by atoms with Gasteiger partial charge in [-0.1, -0.05) is 6.92 Å². The molecule has 0 aliphatic carbocycles. The zero-order valence-electron chi connectivity index (χ0n) is 12.2. The van der Waals surface area contributed by atoms with Gasteiger partial charge in [0.15, 0.2) is 0 Å². The first-order chi connectivity index (χ1) is 9.29. The van der Waals surface area contributed by atoms with E-state index in [1.807, 2.05) is 6.20 Å². The number of nitrogens with one attached hydrogen (secondary N) is 1. The number of aromatic nitrogens is 1. The number of likely N-dealkylation sites (N-methyl/N-ethyl adjacent to an activating group) is 1. The Kier molecular flexibility index (Phi) is 5.61. The first kappa shape index (κ1) is 14.3. The second kappa shape index (κ2) is 7.46. The smallest absolute Gasteiger partial charge is 0.128 e. The van der Waals surface area contributed by atoms with E-state index < -0.39 is 0 Å². The normalized spacial score (nSPS) is 15.9. The number of likely N-dealkylation sites (tertiary alicyclic amines) is 1. The zero-order chi connectivity index (χ0) is 13.5. The molecule has 0 radical (unpaired) electrons. The molecule has 106 valence electrons. The Morgan fingerprint density at radius 1 is 1.37 bits per heavy atom. The van der Waals surface area contributed by atoms with Gasteiger partial charge >= 0.3 is 0 Å². The highest BCUT2D eigenvalue weighted by atomic mass is 15.2. The van der Waals surface area contributed by atoms with Crippen molar-refractivity contribution in [2.45, 2.75) is 26.3 Å². The fraction of sp³-hybridized carbons (Fsp3) is 0.667. The Hall–Kier alpha value is -1.13. The molecule has 0 unspecified atom stereocenters. The van der Waals surface area contributed by atoms with Gasteiger partial charge in [0.2, 0.25) is 0 Å². The fourth-order valence-electron chi connectivity index (χ4n) is 2.46. The molecule has 0 amide bonds. The summed E-state index contributed by atoms with van der Waals surface area (Å²) in [6, 6.07) is 4.27. The van der Waals surface area contributed by atoms with E-state index in [1.54, 1.807) is 0 Å². The van der Waals surface area contributed by atoms with E-state index in [1.165, 1.54) is 31.5 Å². The molecule has 0 aromatic carbocycles. The molecule has 2 heterocycles. The van der Waals surface area contributed by atoms with Crippen LogP contribution in [0.25, 0.3) is 0 Å². The molecule has 4 heteroatoms. The molecule has 0 atom stereocenters. The molecule has 19 heavy (non-hydrogen) atoms. The van der Waals surface area contributed by atoms with Crippen molar-refractivity contribution in [3.05, 3.63) is 23.9 Å². The van der Waals surface area contributed by atoms with Gasteiger partial charge < -0.3 is 15.1 Å². The first-order valence-electron chi connectivity index (χ1n) is 7.38. The van der Waals surface area contributed by atoms with E-state index in [-0.39, 0.29) is 0 Å². The fourth-order valence-corrected chi connectivity index (χ4v) is 2.46. The molecule has 1 N–H and O–H groups in total. The van der Waals surface area contributed by atoms with E-state index in [0.29, 0.717) is 0 Å². The van der Waals surface area contributed by atoms with Crippen molar-refractivity contribution in [1.29, 1.82) is 0 Å². The second-order valence-corrected chi connectivity index (χ2v) is 5.27. The molecule has 4 nitrogen and oxygen atoms in total. The van der Waals surface area contributed by atoms with Crippen LogP contribution in [0.15, 0.2) is 18.3 Å². The van der Waals surface area contributed by atoms with Crippen molar-refractivity contribution >= 4 is 5.82 Å². The van der Waals surface area contributed by atoms with Crippen LogP contribution in [0.5, 0.6) is 0 Å². The van der Waals surface area contributed by atoms with Crippen LogP contribution in [0.4, 0.5) is 5.82 Å². The molecule has 0 saturated carbocycles. The van der Waals surface area contributed by atoms with Crippen molar-refractivity contribution < 1.29 is 0 Å². The summed E-state index contributed by atoms with van der Waals surface area (Å²) in [5.41, 5.74) is 1.31. The summed E-state index contributed by atoms with van der Waals surface area (Å²) in [5.74, 6) is 1.08. The highest BCUT2D eigenvalue weighted by Gasteiger charge is 2.12. The molecule has 1 aromatic rings. The quantitative estimate of drug-likeness (QED) is 0.811. The van der Waals surface area contributed by atoms with E-state index in [4.69, 9.17) is 0 Å². The van der Waals surface area contributed by atoms with Gasteiger partial charge in [-0.05, 0) is 50.2 Å². The maximum atomic E-state index is 4.47. The third kappa shape index (κ3) is 4.48. The summed E-state index contributed by atoms with van der Waals surface area (Å²) in [6.45, 7) is 8.79. The summed E-state index contributed by atoms with van der Waals surface area (Å²) < 4.78 is 0. The van der Waals surface area contributed by atoms with E-state index in [2.05, 4.69) is 46.2 Å². The lowest BCUT2D eigenvalue weighted by Crippen LogP contribution is -2.31. The molecule has 0 bridgehead atoms. The maximum Gasteiger partial charge on any atom is 0.128 e. The number of rotatable bonds is 7. The lowest BCUT2D eigenvalue weighted by atomic mass is 10.2. The minimum absolute atomic E-state index is 0.923. The third-order valence-electron chi connectivity index (χ3n) is 3.73. The van der Waals surface area contributed by atoms with Gasteiger partial charge in [-0.3, -0.25) is 0 Å². The highest BCUT2D eigenvalue weighted by Crippen LogP contribution is 2.12. The summed E-state index contributed by atoms with van der Waals surface area (Å²) in [6.07, 6.45) is 4.63. The average Bonchev–Trinajstić information content (AvgIpc) is 2.96. The lowest BCUT2D eigenvalue weighted by Gasteiger charge is -2.22. The number of hydrogen-bond acceptors (Lipinski definition) is 4. The summed E-state index contributed by atoms with van der Waals surface area (Å²) in [4.78, 5) is 9.27. The van der Waals surface area contributed by atoms with Crippen molar-refractivity contribution in [2.24, 2.45) is 0 Å². The number of nitrogens with zero attached hydrogens (tertiary/aromatic N) is 3. The van der Waals surface area contributed by atoms with E-state index >= 15 is 0 Å². The second-order valence-electron chi connectivity index (χ2n) is 5.27. The number of hydrogen-bond donors (Lipinski definition) is 1. The molecule has 1 fully saturated rings. The van der Waals surface area contributed by atoms with Crippen LogP contribution in [0.1, 0.15) is 25.3 Å². The monoisotopic (exact) mass is 262 g/mol. The standard InChI is InChI=1S/C15H26N4/c1-3-16-13-14-6-7-17-15(12-14)18(2)10-11-19-8-4-5-9-19/h6-7,12,16H,3-5,8-11,13H2,1-2H3. The summed E-state index contributed by atoms with van der Waals surface area (Å²) in [5, 5.41) is 3.35. The molecule has 1 saturated heterocycles. The van der Waals surface area contributed by atoms with Gasteiger partial charge in [0.05, 0.1) is 0 Å². The highest BCUT2D eigenvalue weighted by molar-refractivity contribution is 5.40. The number of pyridine rings is 1. The predicted molar refractivity (Wildman–Crippen MR) is 80.6 cm³/mol. The van der Waals surface area contributed by atoms with E-state index in [0.717, 1.165) is 32.0 Å². The van der Waals surface area contributed by atoms with Crippen LogP contribution < -0.4 is 10.2 Å². The van der Waals surface area contributed by atoms with Crippen LogP contribution in [0.3, 0.4) is 0 Å². The summed E-state index contributed by atoms with van der Waals surface area (Å²) >= 11 is 0. The molecule has 1 aliphatic heterocycles. The van der Waals surface area contributed by atoms with Crippen molar-refractivity contribution in [1.82, 2.24) is 15.2 Å². The van der Waals surface area contributed by atoms with Crippen molar-refractivity contribution in [2.75, 3.05) is 44.7 Å². The number of anilines is 1. The van der Waals surface area contributed by atoms with Gasteiger partial charge in [-0.25, -0.2) is 4.98 Å². The van der Waals surface area contributed by atoms with Crippen molar-refractivity contribution in [3.63, 3.8) is 0 Å².